The number of aromatic nitrogens is 2. The Balaban J connectivity index is 1.93. The number of hydrogen-bond acceptors (Lipinski definition) is 4. The van der Waals surface area contributed by atoms with Gasteiger partial charge in [-0.25, -0.2) is 5.10 Å². The van der Waals surface area contributed by atoms with E-state index in [9.17, 15) is 14.4 Å². The first-order valence-electron chi connectivity index (χ1n) is 8.15. The lowest BCUT2D eigenvalue weighted by Gasteiger charge is -2.04. The maximum Gasteiger partial charge on any atom is 0.303 e. The van der Waals surface area contributed by atoms with E-state index >= 15 is 0 Å². The van der Waals surface area contributed by atoms with Crippen LogP contribution in [0.25, 0.3) is 0 Å². The summed E-state index contributed by atoms with van der Waals surface area (Å²) in [6.07, 6.45) is 8.45. The van der Waals surface area contributed by atoms with Crippen molar-refractivity contribution in [3.8, 4) is 0 Å². The molecule has 0 fully saturated rings. The predicted octanol–water partition coefficient (Wildman–Crippen LogP) is 2.10. The van der Waals surface area contributed by atoms with Crippen molar-refractivity contribution in [1.29, 1.82) is 0 Å². The summed E-state index contributed by atoms with van der Waals surface area (Å²) in [6, 6.07) is 2.68. The number of rotatable bonds is 12. The zero-order valence-corrected chi connectivity index (χ0v) is 13.3. The van der Waals surface area contributed by atoms with Gasteiger partial charge < -0.3 is 10.4 Å². The fourth-order valence-electron chi connectivity index (χ4n) is 2.23. The third-order valence-corrected chi connectivity index (χ3v) is 3.51. The fraction of sp³-hybridized carbons (Fsp3) is 0.625. The molecule has 0 radical (unpaired) electrons. The summed E-state index contributed by atoms with van der Waals surface area (Å²) in [6.45, 7) is 0.595. The second-order valence-corrected chi connectivity index (χ2v) is 5.53. The number of nitrogens with one attached hydrogen (secondary N) is 2. The molecular formula is C16H25N3O4. The maximum absolute atomic E-state index is 11.7. The molecule has 0 atom stereocenters. The lowest BCUT2D eigenvalue weighted by molar-refractivity contribution is -0.137. The molecule has 23 heavy (non-hydrogen) atoms. The highest BCUT2D eigenvalue weighted by Gasteiger charge is 2.05. The lowest BCUT2D eigenvalue weighted by atomic mass is 10.1. The number of H-pyrrole nitrogens is 1. The van der Waals surface area contributed by atoms with Gasteiger partial charge in [0.1, 0.15) is 5.69 Å². The minimum Gasteiger partial charge on any atom is -0.481 e. The van der Waals surface area contributed by atoms with Crippen molar-refractivity contribution in [1.82, 2.24) is 15.5 Å². The van der Waals surface area contributed by atoms with E-state index in [2.05, 4.69) is 15.5 Å². The molecule has 128 valence electrons. The zero-order chi connectivity index (χ0) is 16.9. The number of hydrogen-bond donors (Lipinski definition) is 3. The molecule has 1 heterocycles. The van der Waals surface area contributed by atoms with Gasteiger partial charge in [0.2, 0.25) is 0 Å². The molecule has 7 nitrogen and oxygen atoms in total. The number of carboxylic acids is 1. The van der Waals surface area contributed by atoms with Crippen molar-refractivity contribution in [2.75, 3.05) is 6.54 Å². The van der Waals surface area contributed by atoms with E-state index in [0.29, 0.717) is 6.54 Å². The molecule has 7 heteroatoms. The van der Waals surface area contributed by atoms with Crippen molar-refractivity contribution < 1.29 is 14.7 Å². The van der Waals surface area contributed by atoms with E-state index in [-0.39, 0.29) is 23.6 Å². The maximum atomic E-state index is 11.7. The summed E-state index contributed by atoms with van der Waals surface area (Å²) in [5, 5.41) is 17.2. The average Bonchev–Trinajstić information content (AvgIpc) is 2.52. The number of nitrogens with zero attached hydrogens (tertiary/aromatic N) is 1. The number of carboxylic acid groups (broad SMARTS) is 1. The van der Waals surface area contributed by atoms with Crippen molar-refractivity contribution >= 4 is 11.9 Å². The molecule has 0 aliphatic heterocycles. The van der Waals surface area contributed by atoms with Crippen LogP contribution in [0.1, 0.15) is 68.3 Å². The summed E-state index contributed by atoms with van der Waals surface area (Å²) in [7, 11) is 0. The van der Waals surface area contributed by atoms with Gasteiger partial charge in [0.05, 0.1) is 0 Å². The standard InChI is InChI=1S/C16H25N3O4/c20-14-11-10-13(18-19-14)16(23)17-12-8-6-4-2-1-3-5-7-9-15(21)22/h10-11H,1-9,12H2,(H,17,23)(H,19,20)(H,21,22). The molecule has 0 aromatic carbocycles. The molecule has 0 saturated carbocycles. The number of aliphatic carboxylic acids is 1. The highest BCUT2D eigenvalue weighted by atomic mass is 16.4. The van der Waals surface area contributed by atoms with Gasteiger partial charge in [0, 0.05) is 19.0 Å². The Bertz CT molecular complexity index is 522. The van der Waals surface area contributed by atoms with E-state index in [4.69, 9.17) is 5.11 Å². The zero-order valence-electron chi connectivity index (χ0n) is 13.3. The minimum absolute atomic E-state index is 0.214. The van der Waals surface area contributed by atoms with Gasteiger partial charge in [-0.15, -0.1) is 0 Å². The Hall–Kier alpha value is -2.18. The van der Waals surface area contributed by atoms with Crippen molar-refractivity contribution in [3.63, 3.8) is 0 Å². The molecular weight excluding hydrogens is 298 g/mol. The average molecular weight is 323 g/mol. The Kier molecular flexibility index (Phi) is 9.35. The molecule has 0 unspecified atom stereocenters. The first-order valence-corrected chi connectivity index (χ1v) is 8.15. The van der Waals surface area contributed by atoms with Gasteiger partial charge in [-0.05, 0) is 18.9 Å². The van der Waals surface area contributed by atoms with Crippen molar-refractivity contribution in [2.45, 2.75) is 57.8 Å². The van der Waals surface area contributed by atoms with Gasteiger partial charge in [-0.2, -0.15) is 5.10 Å². The molecule has 0 saturated heterocycles. The van der Waals surface area contributed by atoms with Crippen LogP contribution in [-0.2, 0) is 4.79 Å². The fourth-order valence-corrected chi connectivity index (χ4v) is 2.23. The number of aromatic amines is 1. The van der Waals surface area contributed by atoms with Gasteiger partial charge in [0.15, 0.2) is 0 Å². The Morgan fingerprint density at radius 1 is 1.00 bits per heavy atom. The summed E-state index contributed by atoms with van der Waals surface area (Å²) in [5.74, 6) is -0.996. The monoisotopic (exact) mass is 323 g/mol. The second-order valence-electron chi connectivity index (χ2n) is 5.53. The summed E-state index contributed by atoms with van der Waals surface area (Å²) in [4.78, 5) is 32.9. The van der Waals surface area contributed by atoms with Crippen LogP contribution in [0.4, 0.5) is 0 Å². The number of carbonyl (C=O) groups excluding carboxylic acids is 1. The molecule has 0 aliphatic rings. The highest BCUT2D eigenvalue weighted by Crippen LogP contribution is 2.09. The van der Waals surface area contributed by atoms with E-state index in [0.717, 1.165) is 51.4 Å². The third kappa shape index (κ3) is 9.44. The lowest BCUT2D eigenvalue weighted by Crippen LogP contribution is -2.26. The topological polar surface area (TPSA) is 112 Å². The predicted molar refractivity (Wildman–Crippen MR) is 86.4 cm³/mol. The van der Waals surface area contributed by atoms with Crippen molar-refractivity contribution in [3.05, 3.63) is 28.2 Å². The molecule has 1 aromatic heterocycles. The molecule has 1 aromatic rings. The molecule has 0 spiro atoms. The SMILES string of the molecule is O=C(O)CCCCCCCCCCNC(=O)c1ccc(=O)[nH]n1. The second kappa shape index (κ2) is 11.4. The minimum atomic E-state index is -0.718. The van der Waals surface area contributed by atoms with Crippen LogP contribution >= 0.6 is 0 Å². The van der Waals surface area contributed by atoms with Crippen LogP contribution in [0, 0.1) is 0 Å². The summed E-state index contributed by atoms with van der Waals surface area (Å²) >= 11 is 0. The third-order valence-electron chi connectivity index (χ3n) is 3.51. The summed E-state index contributed by atoms with van der Waals surface area (Å²) < 4.78 is 0. The molecule has 0 aliphatic carbocycles. The highest BCUT2D eigenvalue weighted by molar-refractivity contribution is 5.91. The van der Waals surface area contributed by atoms with Crippen LogP contribution in [0.5, 0.6) is 0 Å². The van der Waals surface area contributed by atoms with Crippen LogP contribution in [-0.4, -0.2) is 33.7 Å². The summed E-state index contributed by atoms with van der Waals surface area (Å²) in [5.41, 5.74) is -0.115. The van der Waals surface area contributed by atoms with E-state index in [1.165, 1.54) is 12.1 Å². The number of amides is 1. The van der Waals surface area contributed by atoms with E-state index in [1.54, 1.807) is 0 Å². The van der Waals surface area contributed by atoms with Gasteiger partial charge in [-0.1, -0.05) is 38.5 Å². The van der Waals surface area contributed by atoms with Gasteiger partial charge in [-0.3, -0.25) is 14.4 Å². The van der Waals surface area contributed by atoms with Gasteiger partial charge in [0.25, 0.3) is 11.5 Å². The Morgan fingerprint density at radius 2 is 1.61 bits per heavy atom. The smallest absolute Gasteiger partial charge is 0.303 e. The van der Waals surface area contributed by atoms with E-state index < -0.39 is 5.97 Å². The number of unbranched alkanes of at least 4 members (excludes halogenated alkanes) is 7. The first-order chi connectivity index (χ1) is 11.1. The van der Waals surface area contributed by atoms with Crippen LogP contribution in [0.3, 0.4) is 0 Å². The normalized spacial score (nSPS) is 10.4. The number of carbonyl (C=O) groups is 2. The largest absolute Gasteiger partial charge is 0.481 e. The van der Waals surface area contributed by atoms with Gasteiger partial charge >= 0.3 is 5.97 Å². The van der Waals surface area contributed by atoms with Crippen LogP contribution < -0.4 is 10.9 Å². The van der Waals surface area contributed by atoms with Crippen molar-refractivity contribution in [2.24, 2.45) is 0 Å². The van der Waals surface area contributed by atoms with E-state index in [1.807, 2.05) is 0 Å². The molecule has 1 rings (SSSR count). The van der Waals surface area contributed by atoms with Crippen LogP contribution in [0.15, 0.2) is 16.9 Å². The molecule has 1 amide bonds. The Labute approximate surface area is 135 Å². The quantitative estimate of drug-likeness (QED) is 0.510. The van der Waals surface area contributed by atoms with Crippen LogP contribution in [0.2, 0.25) is 0 Å². The Morgan fingerprint density at radius 3 is 2.17 bits per heavy atom. The first kappa shape index (κ1) is 18.9. The molecule has 0 bridgehead atoms. The molecule has 3 N–H and O–H groups in total.